The fourth-order valence-electron chi connectivity index (χ4n) is 1.85. The summed E-state index contributed by atoms with van der Waals surface area (Å²) in [5, 5.41) is 13.2. The molecule has 0 aliphatic carbocycles. The average molecular weight is 396 g/mol. The number of anilines is 2. The summed E-state index contributed by atoms with van der Waals surface area (Å²) >= 11 is 3.48. The van der Waals surface area contributed by atoms with Gasteiger partial charge >= 0.3 is 5.97 Å². The van der Waals surface area contributed by atoms with Crippen molar-refractivity contribution in [2.24, 2.45) is 0 Å². The number of halogens is 1. The molecule has 0 aliphatic heterocycles. The second-order valence-electron chi connectivity index (χ2n) is 4.15. The molecular formula is C14H9IN2O2S. The third-order valence-corrected chi connectivity index (χ3v) is 4.56. The number of carboxylic acids is 1. The maximum Gasteiger partial charge on any atom is 0.345 e. The summed E-state index contributed by atoms with van der Waals surface area (Å²) in [4.78, 5) is 15.5. The second-order valence-corrected chi connectivity index (χ2v) is 6.48. The van der Waals surface area contributed by atoms with Gasteiger partial charge in [0.2, 0.25) is 0 Å². The Bertz CT molecular complexity index is 783. The van der Waals surface area contributed by atoms with Crippen LogP contribution in [0.3, 0.4) is 0 Å². The van der Waals surface area contributed by atoms with Crippen LogP contribution in [0.15, 0.2) is 42.7 Å². The first-order valence-electron chi connectivity index (χ1n) is 5.77. The number of hydrogen-bond donors (Lipinski definition) is 2. The molecule has 0 saturated carbocycles. The Morgan fingerprint density at radius 1 is 1.25 bits per heavy atom. The molecular weight excluding hydrogens is 387 g/mol. The lowest BCUT2D eigenvalue weighted by molar-refractivity contribution is 0.0702. The molecule has 0 spiro atoms. The van der Waals surface area contributed by atoms with Crippen LogP contribution in [0.25, 0.3) is 10.1 Å². The van der Waals surface area contributed by atoms with Gasteiger partial charge in [-0.3, -0.25) is 4.98 Å². The molecule has 0 saturated heterocycles. The van der Waals surface area contributed by atoms with Gasteiger partial charge in [0.25, 0.3) is 0 Å². The van der Waals surface area contributed by atoms with Crippen molar-refractivity contribution < 1.29 is 9.90 Å². The number of carbonyl (C=O) groups is 1. The lowest BCUT2D eigenvalue weighted by atomic mass is 10.2. The highest BCUT2D eigenvalue weighted by Gasteiger charge is 2.11. The molecule has 0 aliphatic rings. The van der Waals surface area contributed by atoms with E-state index in [4.69, 9.17) is 5.11 Å². The van der Waals surface area contributed by atoms with Crippen LogP contribution in [0, 0.1) is 3.57 Å². The van der Waals surface area contributed by atoms with Gasteiger partial charge in [-0.2, -0.15) is 0 Å². The van der Waals surface area contributed by atoms with Gasteiger partial charge in [-0.05, 0) is 52.9 Å². The van der Waals surface area contributed by atoms with Gasteiger partial charge in [0.05, 0.1) is 16.6 Å². The highest BCUT2D eigenvalue weighted by molar-refractivity contribution is 14.1. The first-order valence-corrected chi connectivity index (χ1v) is 7.66. The molecule has 3 aromatic rings. The van der Waals surface area contributed by atoms with Gasteiger partial charge in [-0.15, -0.1) is 11.3 Å². The normalized spacial score (nSPS) is 10.7. The predicted octanol–water partition coefficient (Wildman–Crippen LogP) is 4.34. The van der Waals surface area contributed by atoms with Crippen molar-refractivity contribution in [3.05, 3.63) is 51.2 Å². The van der Waals surface area contributed by atoms with E-state index in [2.05, 4.69) is 32.9 Å². The first kappa shape index (κ1) is 13.3. The zero-order valence-electron chi connectivity index (χ0n) is 10.1. The summed E-state index contributed by atoms with van der Waals surface area (Å²) in [6, 6.07) is 9.65. The van der Waals surface area contributed by atoms with Crippen molar-refractivity contribution in [3.63, 3.8) is 0 Å². The van der Waals surface area contributed by atoms with Crippen LogP contribution >= 0.6 is 33.9 Å². The molecule has 6 heteroatoms. The highest BCUT2D eigenvalue weighted by Crippen LogP contribution is 2.32. The van der Waals surface area contributed by atoms with E-state index in [0.717, 1.165) is 25.0 Å². The van der Waals surface area contributed by atoms with Gasteiger partial charge in [0, 0.05) is 20.8 Å². The monoisotopic (exact) mass is 396 g/mol. The number of nitrogens with one attached hydrogen (secondary N) is 1. The second kappa shape index (κ2) is 5.37. The Balaban J connectivity index is 2.02. The highest BCUT2D eigenvalue weighted by atomic mass is 127. The van der Waals surface area contributed by atoms with E-state index >= 15 is 0 Å². The first-order chi connectivity index (χ1) is 9.63. The Morgan fingerprint density at radius 3 is 2.70 bits per heavy atom. The van der Waals surface area contributed by atoms with Crippen LogP contribution < -0.4 is 5.32 Å². The smallest absolute Gasteiger partial charge is 0.345 e. The summed E-state index contributed by atoms with van der Waals surface area (Å²) in [6.45, 7) is 0. The number of benzene rings is 1. The van der Waals surface area contributed by atoms with Gasteiger partial charge < -0.3 is 10.4 Å². The minimum Gasteiger partial charge on any atom is -0.477 e. The van der Waals surface area contributed by atoms with E-state index in [9.17, 15) is 4.79 Å². The van der Waals surface area contributed by atoms with Crippen molar-refractivity contribution in [1.82, 2.24) is 4.98 Å². The summed E-state index contributed by atoms with van der Waals surface area (Å²) < 4.78 is 2.02. The van der Waals surface area contributed by atoms with Gasteiger partial charge in [-0.25, -0.2) is 4.79 Å². The van der Waals surface area contributed by atoms with Crippen molar-refractivity contribution in [1.29, 1.82) is 0 Å². The molecule has 2 N–H and O–H groups in total. The molecule has 0 unspecified atom stereocenters. The maximum absolute atomic E-state index is 11.0. The van der Waals surface area contributed by atoms with Crippen molar-refractivity contribution in [2.75, 3.05) is 5.32 Å². The SMILES string of the molecule is O=C(O)c1cc2c(Nc3ccc(I)cc3)cncc2s1. The topological polar surface area (TPSA) is 62.2 Å². The standard InChI is InChI=1S/C14H9IN2O2S/c15-8-1-3-9(4-2-8)17-11-6-16-7-13-10(11)5-12(20-13)14(18)19/h1-7,17H,(H,18,19). The van der Waals surface area contributed by atoms with Gasteiger partial charge in [-0.1, -0.05) is 0 Å². The maximum atomic E-state index is 11.0. The van der Waals surface area contributed by atoms with E-state index in [1.807, 2.05) is 24.3 Å². The fourth-order valence-corrected chi connectivity index (χ4v) is 3.11. The molecule has 20 heavy (non-hydrogen) atoms. The van der Waals surface area contributed by atoms with E-state index in [-0.39, 0.29) is 0 Å². The third-order valence-electron chi connectivity index (χ3n) is 2.78. The largest absolute Gasteiger partial charge is 0.477 e. The molecule has 0 fully saturated rings. The number of rotatable bonds is 3. The van der Waals surface area contributed by atoms with E-state index in [0.29, 0.717) is 4.88 Å². The Kier molecular flexibility index (Phi) is 3.58. The number of fused-ring (bicyclic) bond motifs is 1. The number of carboxylic acid groups (broad SMARTS) is 1. The zero-order valence-corrected chi connectivity index (χ0v) is 13.1. The Hall–Kier alpha value is -1.67. The van der Waals surface area contributed by atoms with Crippen LogP contribution in [0.4, 0.5) is 11.4 Å². The van der Waals surface area contributed by atoms with Crippen LogP contribution in [0.5, 0.6) is 0 Å². The van der Waals surface area contributed by atoms with E-state index in [1.165, 1.54) is 11.3 Å². The quantitative estimate of drug-likeness (QED) is 0.647. The summed E-state index contributed by atoms with van der Waals surface area (Å²) in [5.41, 5.74) is 1.76. The summed E-state index contributed by atoms with van der Waals surface area (Å²) in [5.74, 6) is -0.911. The van der Waals surface area contributed by atoms with E-state index in [1.54, 1.807) is 18.5 Å². The molecule has 2 aromatic heterocycles. The Labute approximate surface area is 132 Å². The number of aromatic nitrogens is 1. The average Bonchev–Trinajstić information content (AvgIpc) is 2.87. The number of hydrogen-bond acceptors (Lipinski definition) is 4. The molecule has 2 heterocycles. The number of nitrogens with zero attached hydrogens (tertiary/aromatic N) is 1. The molecule has 1 aromatic carbocycles. The summed E-state index contributed by atoms with van der Waals surface area (Å²) in [6.07, 6.45) is 3.39. The molecule has 0 atom stereocenters. The van der Waals surface area contributed by atoms with Crippen LogP contribution in [0.1, 0.15) is 9.67 Å². The van der Waals surface area contributed by atoms with E-state index < -0.39 is 5.97 Å². The Morgan fingerprint density at radius 2 is 2.00 bits per heavy atom. The molecule has 4 nitrogen and oxygen atoms in total. The van der Waals surface area contributed by atoms with Gasteiger partial charge in [0.1, 0.15) is 4.88 Å². The molecule has 0 bridgehead atoms. The number of aromatic carboxylic acids is 1. The molecule has 100 valence electrons. The third kappa shape index (κ3) is 2.61. The lowest BCUT2D eigenvalue weighted by Gasteiger charge is -2.07. The van der Waals surface area contributed by atoms with Crippen LogP contribution in [0.2, 0.25) is 0 Å². The molecule has 0 radical (unpaired) electrons. The van der Waals surface area contributed by atoms with Crippen LogP contribution in [-0.4, -0.2) is 16.1 Å². The summed E-state index contributed by atoms with van der Waals surface area (Å²) in [7, 11) is 0. The molecule has 0 amide bonds. The number of pyridine rings is 1. The van der Waals surface area contributed by atoms with Crippen molar-refractivity contribution in [2.45, 2.75) is 0 Å². The van der Waals surface area contributed by atoms with Gasteiger partial charge in [0.15, 0.2) is 0 Å². The predicted molar refractivity (Wildman–Crippen MR) is 89.0 cm³/mol. The zero-order chi connectivity index (χ0) is 14.1. The van der Waals surface area contributed by atoms with Crippen molar-refractivity contribution in [3.8, 4) is 0 Å². The minimum atomic E-state index is -0.911. The number of thiophene rings is 1. The van der Waals surface area contributed by atoms with Crippen LogP contribution in [-0.2, 0) is 0 Å². The minimum absolute atomic E-state index is 0.318. The molecule has 3 rings (SSSR count). The lowest BCUT2D eigenvalue weighted by Crippen LogP contribution is -1.92. The van der Waals surface area contributed by atoms with Crippen molar-refractivity contribution >= 4 is 61.4 Å². The fraction of sp³-hybridized carbons (Fsp3) is 0.